The predicted molar refractivity (Wildman–Crippen MR) is 96.2 cm³/mol. The molecule has 2 aromatic rings. The van der Waals surface area contributed by atoms with Gasteiger partial charge in [0.25, 0.3) is 11.8 Å². The second kappa shape index (κ2) is 7.99. The second-order valence-electron chi connectivity index (χ2n) is 6.43. The van der Waals surface area contributed by atoms with Gasteiger partial charge >= 0.3 is 5.97 Å². The largest absolute Gasteiger partial charge is 0.478 e. The highest BCUT2D eigenvalue weighted by Gasteiger charge is 2.25. The first-order chi connectivity index (χ1) is 12.9. The Hall–Kier alpha value is -3.22. The molecule has 1 fully saturated rings. The lowest BCUT2D eigenvalue weighted by atomic mass is 10.0. The van der Waals surface area contributed by atoms with Crippen LogP contribution < -0.4 is 5.32 Å². The number of carboxylic acids is 1. The van der Waals surface area contributed by atoms with Crippen LogP contribution in [0.3, 0.4) is 0 Å². The zero-order chi connectivity index (χ0) is 19.4. The fourth-order valence-corrected chi connectivity index (χ4v) is 3.06. The minimum atomic E-state index is -1.08. The molecule has 0 saturated carbocycles. The van der Waals surface area contributed by atoms with Crippen LogP contribution in [0.25, 0.3) is 0 Å². The van der Waals surface area contributed by atoms with Crippen molar-refractivity contribution in [2.24, 2.45) is 0 Å². The number of benzene rings is 2. The smallest absolute Gasteiger partial charge is 0.335 e. The Labute approximate surface area is 155 Å². The molecule has 2 amide bonds. The first kappa shape index (κ1) is 18.6. The molecule has 0 bridgehead atoms. The molecule has 1 aliphatic rings. The third kappa shape index (κ3) is 4.49. The Morgan fingerprint density at radius 1 is 0.963 bits per heavy atom. The van der Waals surface area contributed by atoms with Gasteiger partial charge in [-0.15, -0.1) is 0 Å². The monoisotopic (exact) mass is 370 g/mol. The number of carbonyl (C=O) groups is 3. The summed E-state index contributed by atoms with van der Waals surface area (Å²) in [6.07, 6.45) is 1.19. The van der Waals surface area contributed by atoms with E-state index in [2.05, 4.69) is 5.32 Å². The normalized spacial score (nSPS) is 14.6. The molecule has 1 saturated heterocycles. The maximum Gasteiger partial charge on any atom is 0.335 e. The van der Waals surface area contributed by atoms with E-state index in [1.807, 2.05) is 0 Å². The number of amides is 2. The summed E-state index contributed by atoms with van der Waals surface area (Å²) in [7, 11) is 0. The molecular formula is C20H19FN2O4. The zero-order valence-electron chi connectivity index (χ0n) is 14.5. The Balaban J connectivity index is 1.56. The third-order valence-corrected chi connectivity index (χ3v) is 4.58. The molecule has 0 unspecified atom stereocenters. The minimum Gasteiger partial charge on any atom is -0.478 e. The summed E-state index contributed by atoms with van der Waals surface area (Å²) in [5.74, 6) is -1.97. The number of likely N-dealkylation sites (tertiary alicyclic amines) is 1. The van der Waals surface area contributed by atoms with E-state index in [1.165, 1.54) is 36.4 Å². The molecule has 1 heterocycles. The summed E-state index contributed by atoms with van der Waals surface area (Å²) < 4.78 is 12.9. The molecule has 0 aromatic heterocycles. The average Bonchev–Trinajstić information content (AvgIpc) is 2.68. The Kier molecular flexibility index (Phi) is 5.49. The number of nitrogens with zero attached hydrogens (tertiary/aromatic N) is 1. The van der Waals surface area contributed by atoms with Crippen molar-refractivity contribution in [1.82, 2.24) is 10.2 Å². The summed E-state index contributed by atoms with van der Waals surface area (Å²) in [6.45, 7) is 0.926. The minimum absolute atomic E-state index is 0.0716. The predicted octanol–water partition coefficient (Wildman–Crippen LogP) is 2.56. The molecule has 0 spiro atoms. The highest BCUT2D eigenvalue weighted by atomic mass is 19.1. The van der Waals surface area contributed by atoms with Crippen LogP contribution in [0.5, 0.6) is 0 Å². The molecule has 0 atom stereocenters. The van der Waals surface area contributed by atoms with E-state index < -0.39 is 11.8 Å². The molecule has 7 heteroatoms. The van der Waals surface area contributed by atoms with Gasteiger partial charge in [-0.25, -0.2) is 9.18 Å². The second-order valence-corrected chi connectivity index (χ2v) is 6.43. The number of rotatable bonds is 4. The summed E-state index contributed by atoms with van der Waals surface area (Å²) in [5.41, 5.74) is 0.798. The van der Waals surface area contributed by atoms with Gasteiger partial charge in [-0.3, -0.25) is 9.59 Å². The first-order valence-corrected chi connectivity index (χ1v) is 8.63. The fraction of sp³-hybridized carbons (Fsp3) is 0.250. The summed E-state index contributed by atoms with van der Waals surface area (Å²) in [5, 5.41) is 11.9. The number of piperidine rings is 1. The number of halogens is 1. The molecule has 1 aliphatic heterocycles. The lowest BCUT2D eigenvalue weighted by Gasteiger charge is -2.32. The van der Waals surface area contributed by atoms with Gasteiger partial charge in [-0.1, -0.05) is 6.07 Å². The van der Waals surface area contributed by atoms with Crippen molar-refractivity contribution >= 4 is 17.8 Å². The van der Waals surface area contributed by atoms with Crippen LogP contribution in [0.4, 0.5) is 4.39 Å². The Bertz CT molecular complexity index is 859. The van der Waals surface area contributed by atoms with E-state index in [1.54, 1.807) is 17.0 Å². The third-order valence-electron chi connectivity index (χ3n) is 4.58. The van der Waals surface area contributed by atoms with Crippen molar-refractivity contribution < 1.29 is 23.9 Å². The van der Waals surface area contributed by atoms with Crippen LogP contribution in [0.1, 0.15) is 43.9 Å². The lowest BCUT2D eigenvalue weighted by molar-refractivity contribution is 0.0695. The number of hydrogen-bond donors (Lipinski definition) is 2. The van der Waals surface area contributed by atoms with E-state index in [0.717, 1.165) is 0 Å². The maximum absolute atomic E-state index is 12.9. The fourth-order valence-electron chi connectivity index (χ4n) is 3.06. The molecule has 6 nitrogen and oxygen atoms in total. The van der Waals surface area contributed by atoms with Crippen molar-refractivity contribution in [3.05, 3.63) is 71.0 Å². The molecule has 3 rings (SSSR count). The quantitative estimate of drug-likeness (QED) is 0.866. The van der Waals surface area contributed by atoms with Crippen molar-refractivity contribution in [1.29, 1.82) is 0 Å². The van der Waals surface area contributed by atoms with Gasteiger partial charge in [0.05, 0.1) is 5.56 Å². The van der Waals surface area contributed by atoms with E-state index in [9.17, 15) is 18.8 Å². The highest BCUT2D eigenvalue weighted by Crippen LogP contribution is 2.16. The van der Waals surface area contributed by atoms with Crippen LogP contribution in [0.2, 0.25) is 0 Å². The van der Waals surface area contributed by atoms with E-state index >= 15 is 0 Å². The van der Waals surface area contributed by atoms with Crippen LogP contribution in [-0.2, 0) is 0 Å². The van der Waals surface area contributed by atoms with Crippen LogP contribution >= 0.6 is 0 Å². The molecule has 0 radical (unpaired) electrons. The summed E-state index contributed by atoms with van der Waals surface area (Å²) in [6, 6.07) is 11.2. The van der Waals surface area contributed by atoms with Crippen LogP contribution in [0.15, 0.2) is 48.5 Å². The van der Waals surface area contributed by atoms with Crippen molar-refractivity contribution in [3.8, 4) is 0 Å². The van der Waals surface area contributed by atoms with E-state index in [0.29, 0.717) is 37.1 Å². The number of nitrogens with one attached hydrogen (secondary N) is 1. The lowest BCUT2D eigenvalue weighted by Crippen LogP contribution is -2.46. The molecule has 140 valence electrons. The maximum atomic E-state index is 12.9. The Morgan fingerprint density at radius 3 is 2.22 bits per heavy atom. The van der Waals surface area contributed by atoms with E-state index in [-0.39, 0.29) is 23.4 Å². The van der Waals surface area contributed by atoms with Gasteiger partial charge in [-0.2, -0.15) is 0 Å². The number of aromatic carboxylic acids is 1. The molecule has 0 aliphatic carbocycles. The van der Waals surface area contributed by atoms with Gasteiger partial charge in [0.2, 0.25) is 0 Å². The van der Waals surface area contributed by atoms with Crippen LogP contribution in [-0.4, -0.2) is 46.9 Å². The van der Waals surface area contributed by atoms with Gasteiger partial charge < -0.3 is 15.3 Å². The standard InChI is InChI=1S/C20H19FN2O4/c21-16-6-4-13(5-7-16)18(24)22-17-8-10-23(11-9-17)19(25)14-2-1-3-15(12-14)20(26)27/h1-7,12,17H,8-11H2,(H,22,24)(H,26,27). The topological polar surface area (TPSA) is 86.7 Å². The summed E-state index contributed by atoms with van der Waals surface area (Å²) >= 11 is 0. The van der Waals surface area contributed by atoms with Crippen molar-refractivity contribution in [3.63, 3.8) is 0 Å². The number of hydrogen-bond acceptors (Lipinski definition) is 3. The van der Waals surface area contributed by atoms with Gasteiger partial charge in [0, 0.05) is 30.3 Å². The average molecular weight is 370 g/mol. The van der Waals surface area contributed by atoms with Crippen LogP contribution in [0, 0.1) is 5.82 Å². The Morgan fingerprint density at radius 2 is 1.59 bits per heavy atom. The van der Waals surface area contributed by atoms with Gasteiger partial charge in [0.1, 0.15) is 5.82 Å². The first-order valence-electron chi connectivity index (χ1n) is 8.63. The highest BCUT2D eigenvalue weighted by molar-refractivity contribution is 5.97. The van der Waals surface area contributed by atoms with Gasteiger partial charge in [0.15, 0.2) is 0 Å². The molecular weight excluding hydrogens is 351 g/mol. The zero-order valence-corrected chi connectivity index (χ0v) is 14.5. The molecule has 27 heavy (non-hydrogen) atoms. The van der Waals surface area contributed by atoms with E-state index in [4.69, 9.17) is 5.11 Å². The van der Waals surface area contributed by atoms with Crippen molar-refractivity contribution in [2.45, 2.75) is 18.9 Å². The number of carboxylic acid groups (broad SMARTS) is 1. The molecule has 2 N–H and O–H groups in total. The van der Waals surface area contributed by atoms with Gasteiger partial charge in [-0.05, 0) is 55.3 Å². The SMILES string of the molecule is O=C(O)c1cccc(C(=O)N2CCC(NC(=O)c3ccc(F)cc3)CC2)c1. The molecule has 2 aromatic carbocycles. The number of carbonyl (C=O) groups excluding carboxylic acids is 2. The van der Waals surface area contributed by atoms with Crippen molar-refractivity contribution in [2.75, 3.05) is 13.1 Å². The summed E-state index contributed by atoms with van der Waals surface area (Å²) in [4.78, 5) is 37.5.